The molecule has 5 nitrogen and oxygen atoms in total. The number of aliphatic hydroxyl groups excluding tert-OH is 1. The van der Waals surface area contributed by atoms with Crippen LogP contribution in [0.2, 0.25) is 0 Å². The van der Waals surface area contributed by atoms with Gasteiger partial charge in [0.2, 0.25) is 0 Å². The highest BCUT2D eigenvalue weighted by Crippen LogP contribution is 2.30. The van der Waals surface area contributed by atoms with Crippen LogP contribution in [0.5, 0.6) is 5.75 Å². The Morgan fingerprint density at radius 1 is 1.20 bits per heavy atom. The zero-order chi connectivity index (χ0) is 18.9. The van der Waals surface area contributed by atoms with Gasteiger partial charge in [-0.2, -0.15) is 13.2 Å². The molecule has 0 aliphatic heterocycles. The molecule has 1 atom stereocenters. The summed E-state index contributed by atoms with van der Waals surface area (Å²) in [6.07, 6.45) is -5.20. The second kappa shape index (κ2) is 10.1. The minimum Gasteiger partial charge on any atom is -0.491 e. The molecule has 0 bridgehead atoms. The monoisotopic (exact) mass is 361 g/mol. The molecule has 1 rings (SSSR count). The number of aliphatic hydroxyl groups is 1. The predicted octanol–water partition coefficient (Wildman–Crippen LogP) is 2.66. The van der Waals surface area contributed by atoms with E-state index in [1.165, 1.54) is 12.1 Å². The highest BCUT2D eigenvalue weighted by atomic mass is 19.4. The van der Waals surface area contributed by atoms with E-state index in [1.54, 1.807) is 0 Å². The first-order valence-electron chi connectivity index (χ1n) is 8.22. The van der Waals surface area contributed by atoms with E-state index < -0.39 is 17.8 Å². The standard InChI is InChI=1S/C17H26F3N3O2/c1-4-21-16(22-9-12(2)3)23-10-14(24)11-25-15-7-5-13(6-8-15)17(18,19)20/h5-8,12,14,24H,4,9-11H2,1-3H3,(H2,21,22,23). The summed E-state index contributed by atoms with van der Waals surface area (Å²) in [4.78, 5) is 4.37. The number of guanidine groups is 1. The van der Waals surface area contributed by atoms with Gasteiger partial charge < -0.3 is 20.5 Å². The van der Waals surface area contributed by atoms with Crippen LogP contribution in [0.4, 0.5) is 13.2 Å². The number of rotatable bonds is 8. The van der Waals surface area contributed by atoms with Crippen molar-refractivity contribution in [3.63, 3.8) is 0 Å². The highest BCUT2D eigenvalue weighted by molar-refractivity contribution is 5.79. The number of halogens is 3. The molecule has 1 aromatic carbocycles. The molecule has 1 unspecified atom stereocenters. The molecule has 0 aromatic heterocycles. The Hall–Kier alpha value is -1.96. The van der Waals surface area contributed by atoms with E-state index in [0.717, 1.165) is 12.1 Å². The molecule has 0 amide bonds. The molecule has 0 saturated heterocycles. The van der Waals surface area contributed by atoms with Gasteiger partial charge in [-0.1, -0.05) is 13.8 Å². The van der Waals surface area contributed by atoms with Crippen LogP contribution in [0, 0.1) is 5.92 Å². The number of ether oxygens (including phenoxy) is 1. The number of aliphatic imine (C=N–C) groups is 1. The molecule has 0 heterocycles. The number of nitrogens with one attached hydrogen (secondary N) is 2. The van der Waals surface area contributed by atoms with Crippen molar-refractivity contribution >= 4 is 5.96 Å². The maximum atomic E-state index is 12.5. The lowest BCUT2D eigenvalue weighted by Crippen LogP contribution is -2.42. The summed E-state index contributed by atoms with van der Waals surface area (Å²) >= 11 is 0. The van der Waals surface area contributed by atoms with E-state index in [0.29, 0.717) is 25.0 Å². The summed E-state index contributed by atoms with van der Waals surface area (Å²) in [5.74, 6) is 1.29. The maximum Gasteiger partial charge on any atom is 0.416 e. The van der Waals surface area contributed by atoms with Gasteiger partial charge >= 0.3 is 6.18 Å². The normalized spacial score (nSPS) is 13.7. The van der Waals surface area contributed by atoms with Crippen molar-refractivity contribution in [3.8, 4) is 5.75 Å². The van der Waals surface area contributed by atoms with E-state index in [-0.39, 0.29) is 18.9 Å². The number of benzene rings is 1. The first kappa shape index (κ1) is 21.1. The van der Waals surface area contributed by atoms with E-state index in [1.807, 2.05) is 6.92 Å². The SMILES string of the molecule is CCNC(=NCC(C)C)NCC(O)COc1ccc(C(F)(F)F)cc1. The molecule has 142 valence electrons. The van der Waals surface area contributed by atoms with E-state index in [4.69, 9.17) is 4.74 Å². The molecule has 0 aliphatic carbocycles. The first-order valence-corrected chi connectivity index (χ1v) is 8.22. The van der Waals surface area contributed by atoms with Crippen LogP contribution in [0.15, 0.2) is 29.3 Å². The first-order chi connectivity index (χ1) is 11.7. The molecule has 3 N–H and O–H groups in total. The third-order valence-electron chi connectivity index (χ3n) is 3.09. The Labute approximate surface area is 146 Å². The van der Waals surface area contributed by atoms with Gasteiger partial charge in [0.1, 0.15) is 18.5 Å². The van der Waals surface area contributed by atoms with Crippen molar-refractivity contribution in [1.29, 1.82) is 0 Å². The average Bonchev–Trinajstić information content (AvgIpc) is 2.55. The predicted molar refractivity (Wildman–Crippen MR) is 91.8 cm³/mol. The zero-order valence-electron chi connectivity index (χ0n) is 14.7. The van der Waals surface area contributed by atoms with E-state index >= 15 is 0 Å². The Morgan fingerprint density at radius 2 is 1.84 bits per heavy atom. The molecule has 0 radical (unpaired) electrons. The summed E-state index contributed by atoms with van der Waals surface area (Å²) < 4.78 is 42.7. The molecule has 25 heavy (non-hydrogen) atoms. The van der Waals surface area contributed by atoms with Gasteiger partial charge in [0.25, 0.3) is 0 Å². The Morgan fingerprint density at radius 3 is 2.36 bits per heavy atom. The Balaban J connectivity index is 2.43. The van der Waals surface area contributed by atoms with E-state index in [2.05, 4.69) is 29.5 Å². The largest absolute Gasteiger partial charge is 0.491 e. The topological polar surface area (TPSA) is 65.9 Å². The van der Waals surface area contributed by atoms with Crippen LogP contribution in [-0.4, -0.2) is 43.4 Å². The van der Waals surface area contributed by atoms with Gasteiger partial charge in [-0.15, -0.1) is 0 Å². The second-order valence-corrected chi connectivity index (χ2v) is 5.98. The van der Waals surface area contributed by atoms with Crippen LogP contribution in [-0.2, 0) is 6.18 Å². The van der Waals surface area contributed by atoms with Gasteiger partial charge in [0.15, 0.2) is 5.96 Å². The number of alkyl halides is 3. The number of hydrogen-bond acceptors (Lipinski definition) is 3. The second-order valence-electron chi connectivity index (χ2n) is 5.98. The third kappa shape index (κ3) is 8.62. The lowest BCUT2D eigenvalue weighted by Gasteiger charge is -2.16. The van der Waals surface area contributed by atoms with Crippen LogP contribution in [0.25, 0.3) is 0 Å². The smallest absolute Gasteiger partial charge is 0.416 e. The van der Waals surface area contributed by atoms with Gasteiger partial charge in [-0.25, -0.2) is 0 Å². The minimum absolute atomic E-state index is 0.0397. The average molecular weight is 361 g/mol. The van der Waals surface area contributed by atoms with Crippen LogP contribution < -0.4 is 15.4 Å². The summed E-state index contributed by atoms with van der Waals surface area (Å²) in [5.41, 5.74) is -0.737. The van der Waals surface area contributed by atoms with Crippen LogP contribution in [0.1, 0.15) is 26.3 Å². The van der Waals surface area contributed by atoms with Gasteiger partial charge in [0, 0.05) is 19.6 Å². The molecular weight excluding hydrogens is 335 g/mol. The molecular formula is C17H26F3N3O2. The Kier molecular flexibility index (Phi) is 8.54. The summed E-state index contributed by atoms with van der Waals surface area (Å²) in [5, 5.41) is 16.0. The lowest BCUT2D eigenvalue weighted by molar-refractivity contribution is -0.137. The highest BCUT2D eigenvalue weighted by Gasteiger charge is 2.30. The quantitative estimate of drug-likeness (QED) is 0.492. The summed E-state index contributed by atoms with van der Waals surface area (Å²) in [6.45, 7) is 7.58. The summed E-state index contributed by atoms with van der Waals surface area (Å²) in [7, 11) is 0. The molecule has 8 heteroatoms. The van der Waals surface area contributed by atoms with E-state index in [9.17, 15) is 18.3 Å². The third-order valence-corrected chi connectivity index (χ3v) is 3.09. The van der Waals surface area contributed by atoms with Crippen molar-refractivity contribution in [2.45, 2.75) is 33.1 Å². The number of hydrogen-bond donors (Lipinski definition) is 3. The fraction of sp³-hybridized carbons (Fsp3) is 0.588. The van der Waals surface area contributed by atoms with Gasteiger partial charge in [-0.3, -0.25) is 4.99 Å². The van der Waals surface area contributed by atoms with Crippen molar-refractivity contribution in [1.82, 2.24) is 10.6 Å². The van der Waals surface area contributed by atoms with Crippen LogP contribution in [0.3, 0.4) is 0 Å². The van der Waals surface area contributed by atoms with Gasteiger partial charge in [0.05, 0.1) is 5.56 Å². The fourth-order valence-electron chi connectivity index (χ4n) is 1.82. The van der Waals surface area contributed by atoms with Crippen molar-refractivity contribution in [2.24, 2.45) is 10.9 Å². The molecule has 0 saturated carbocycles. The molecule has 1 aromatic rings. The summed E-state index contributed by atoms with van der Waals surface area (Å²) in [6, 6.07) is 4.36. The zero-order valence-corrected chi connectivity index (χ0v) is 14.7. The molecule has 0 spiro atoms. The molecule has 0 fully saturated rings. The molecule has 0 aliphatic rings. The Bertz CT molecular complexity index is 531. The van der Waals surface area contributed by atoms with Gasteiger partial charge in [-0.05, 0) is 37.1 Å². The number of nitrogens with zero attached hydrogens (tertiary/aromatic N) is 1. The van der Waals surface area contributed by atoms with Crippen molar-refractivity contribution in [3.05, 3.63) is 29.8 Å². The van der Waals surface area contributed by atoms with Crippen molar-refractivity contribution in [2.75, 3.05) is 26.2 Å². The van der Waals surface area contributed by atoms with Crippen molar-refractivity contribution < 1.29 is 23.0 Å². The minimum atomic E-state index is -4.38. The maximum absolute atomic E-state index is 12.5. The lowest BCUT2D eigenvalue weighted by atomic mass is 10.2. The van der Waals surface area contributed by atoms with Crippen LogP contribution >= 0.6 is 0 Å². The fourth-order valence-corrected chi connectivity index (χ4v) is 1.82.